The quantitative estimate of drug-likeness (QED) is 0.792. The number of benzene rings is 2. The number of methoxy groups -OCH3 is 1. The van der Waals surface area contributed by atoms with Crippen LogP contribution in [-0.2, 0) is 6.61 Å². The van der Waals surface area contributed by atoms with E-state index in [1.807, 2.05) is 48.5 Å². The molecule has 0 amide bonds. The van der Waals surface area contributed by atoms with Gasteiger partial charge in [0, 0.05) is 5.39 Å². The molecule has 0 bridgehead atoms. The van der Waals surface area contributed by atoms with Gasteiger partial charge >= 0.3 is 0 Å². The smallest absolute Gasteiger partial charge is 0.232 e. The van der Waals surface area contributed by atoms with Gasteiger partial charge in [-0.05, 0) is 17.7 Å². The number of rotatable bonds is 4. The SMILES string of the molecule is COc1cccc2c(O)n(OCc3ccccc3)cc12. The normalized spacial score (nSPS) is 10.7. The minimum absolute atomic E-state index is 0.0785. The lowest BCUT2D eigenvalue weighted by atomic mass is 10.2. The number of aromatic hydroxyl groups is 1. The maximum absolute atomic E-state index is 10.2. The molecule has 1 N–H and O–H groups in total. The molecule has 3 aromatic rings. The maximum Gasteiger partial charge on any atom is 0.232 e. The van der Waals surface area contributed by atoms with Crippen LogP contribution in [0.2, 0.25) is 0 Å². The van der Waals surface area contributed by atoms with E-state index in [9.17, 15) is 5.11 Å². The van der Waals surface area contributed by atoms with Crippen molar-refractivity contribution in [3.05, 3.63) is 60.3 Å². The Labute approximate surface area is 116 Å². The summed E-state index contributed by atoms with van der Waals surface area (Å²) in [5.74, 6) is 0.787. The van der Waals surface area contributed by atoms with Gasteiger partial charge in [0.2, 0.25) is 5.88 Å². The summed E-state index contributed by atoms with van der Waals surface area (Å²) in [6.07, 6.45) is 1.73. The predicted molar refractivity (Wildman–Crippen MR) is 76.9 cm³/mol. The molecule has 0 fully saturated rings. The lowest BCUT2D eigenvalue weighted by molar-refractivity contribution is 0.0816. The number of fused-ring (bicyclic) bond motifs is 1. The number of hydrogen-bond donors (Lipinski definition) is 1. The molecule has 0 aliphatic carbocycles. The van der Waals surface area contributed by atoms with Gasteiger partial charge in [-0.2, -0.15) is 4.73 Å². The van der Waals surface area contributed by atoms with Crippen LogP contribution < -0.4 is 9.57 Å². The van der Waals surface area contributed by atoms with Gasteiger partial charge in [-0.25, -0.2) is 0 Å². The fraction of sp³-hybridized carbons (Fsp3) is 0.125. The molecule has 4 nitrogen and oxygen atoms in total. The van der Waals surface area contributed by atoms with E-state index in [-0.39, 0.29) is 5.88 Å². The van der Waals surface area contributed by atoms with Crippen molar-refractivity contribution in [1.29, 1.82) is 0 Å². The Kier molecular flexibility index (Phi) is 3.21. The van der Waals surface area contributed by atoms with Crippen molar-refractivity contribution in [2.24, 2.45) is 0 Å². The standard InChI is InChI=1S/C16H15NO3/c1-19-15-9-5-8-13-14(15)10-17(16(13)18)20-11-12-6-3-2-4-7-12/h2-10,18H,11H2,1H3. The molecule has 0 radical (unpaired) electrons. The van der Waals surface area contributed by atoms with E-state index < -0.39 is 0 Å². The van der Waals surface area contributed by atoms with Gasteiger partial charge in [0.1, 0.15) is 12.4 Å². The molecule has 0 spiro atoms. The summed E-state index contributed by atoms with van der Waals surface area (Å²) in [5.41, 5.74) is 1.04. The molecule has 3 rings (SSSR count). The van der Waals surface area contributed by atoms with Crippen LogP contribution in [0.5, 0.6) is 11.6 Å². The highest BCUT2D eigenvalue weighted by Crippen LogP contribution is 2.32. The average molecular weight is 269 g/mol. The molecule has 4 heteroatoms. The summed E-state index contributed by atoms with van der Waals surface area (Å²) in [6, 6.07) is 15.3. The maximum atomic E-state index is 10.2. The fourth-order valence-corrected chi connectivity index (χ4v) is 2.16. The first kappa shape index (κ1) is 12.4. The van der Waals surface area contributed by atoms with Crippen LogP contribution in [0.4, 0.5) is 0 Å². The van der Waals surface area contributed by atoms with Crippen LogP contribution in [0.25, 0.3) is 10.8 Å². The van der Waals surface area contributed by atoms with Crippen molar-refractivity contribution in [3.63, 3.8) is 0 Å². The van der Waals surface area contributed by atoms with Gasteiger partial charge < -0.3 is 14.7 Å². The number of hydrogen-bond acceptors (Lipinski definition) is 3. The van der Waals surface area contributed by atoms with E-state index in [0.29, 0.717) is 17.7 Å². The van der Waals surface area contributed by atoms with Crippen LogP contribution in [0, 0.1) is 0 Å². The van der Waals surface area contributed by atoms with Crippen molar-refractivity contribution in [3.8, 4) is 11.6 Å². The summed E-state index contributed by atoms with van der Waals surface area (Å²) in [4.78, 5) is 5.62. The van der Waals surface area contributed by atoms with Gasteiger partial charge in [-0.1, -0.05) is 36.4 Å². The first-order valence-corrected chi connectivity index (χ1v) is 6.34. The highest BCUT2D eigenvalue weighted by molar-refractivity contribution is 5.92. The predicted octanol–water partition coefficient (Wildman–Crippen LogP) is 2.98. The first-order valence-electron chi connectivity index (χ1n) is 6.34. The minimum Gasteiger partial charge on any atom is -0.496 e. The highest BCUT2D eigenvalue weighted by Gasteiger charge is 2.12. The Hall–Kier alpha value is -2.62. The summed E-state index contributed by atoms with van der Waals surface area (Å²) in [5, 5.41) is 11.7. The Morgan fingerprint density at radius 1 is 1.00 bits per heavy atom. The summed E-state index contributed by atoms with van der Waals surface area (Å²) >= 11 is 0. The molecule has 0 saturated heterocycles. The van der Waals surface area contributed by atoms with Crippen LogP contribution >= 0.6 is 0 Å². The molecule has 102 valence electrons. The minimum atomic E-state index is 0.0785. The third-order valence-electron chi connectivity index (χ3n) is 3.20. The Morgan fingerprint density at radius 2 is 1.80 bits per heavy atom. The largest absolute Gasteiger partial charge is 0.496 e. The van der Waals surface area contributed by atoms with Gasteiger partial charge in [0.25, 0.3) is 0 Å². The molecule has 0 unspecified atom stereocenters. The lowest BCUT2D eigenvalue weighted by Crippen LogP contribution is -2.09. The van der Waals surface area contributed by atoms with E-state index in [1.54, 1.807) is 13.3 Å². The molecular formula is C16H15NO3. The molecule has 0 atom stereocenters. The van der Waals surface area contributed by atoms with E-state index in [4.69, 9.17) is 9.57 Å². The van der Waals surface area contributed by atoms with E-state index in [2.05, 4.69) is 0 Å². The monoisotopic (exact) mass is 269 g/mol. The second kappa shape index (κ2) is 5.17. The first-order chi connectivity index (χ1) is 9.79. The van der Waals surface area contributed by atoms with Crippen molar-refractivity contribution in [2.75, 3.05) is 7.11 Å². The number of ether oxygens (including phenoxy) is 1. The molecule has 0 aliphatic rings. The van der Waals surface area contributed by atoms with E-state index in [1.165, 1.54) is 4.73 Å². The third-order valence-corrected chi connectivity index (χ3v) is 3.20. The third kappa shape index (κ3) is 2.16. The number of nitrogens with zero attached hydrogens (tertiary/aromatic N) is 1. The molecular weight excluding hydrogens is 254 g/mol. The molecule has 0 aliphatic heterocycles. The zero-order valence-electron chi connectivity index (χ0n) is 11.1. The Morgan fingerprint density at radius 3 is 2.55 bits per heavy atom. The second-order valence-electron chi connectivity index (χ2n) is 4.46. The summed E-state index contributed by atoms with van der Waals surface area (Å²) < 4.78 is 6.65. The topological polar surface area (TPSA) is 43.6 Å². The molecule has 2 aromatic carbocycles. The van der Waals surface area contributed by atoms with E-state index in [0.717, 1.165) is 10.9 Å². The highest BCUT2D eigenvalue weighted by atomic mass is 16.7. The van der Waals surface area contributed by atoms with Crippen LogP contribution in [-0.4, -0.2) is 16.9 Å². The Balaban J connectivity index is 1.90. The second-order valence-corrected chi connectivity index (χ2v) is 4.46. The molecule has 1 heterocycles. The van der Waals surface area contributed by atoms with Crippen LogP contribution in [0.3, 0.4) is 0 Å². The lowest BCUT2D eigenvalue weighted by Gasteiger charge is -2.07. The van der Waals surface area contributed by atoms with E-state index >= 15 is 0 Å². The van der Waals surface area contributed by atoms with Crippen LogP contribution in [0.1, 0.15) is 5.56 Å². The zero-order valence-corrected chi connectivity index (χ0v) is 11.1. The van der Waals surface area contributed by atoms with Gasteiger partial charge in [0.15, 0.2) is 0 Å². The van der Waals surface area contributed by atoms with Gasteiger partial charge in [-0.3, -0.25) is 0 Å². The number of aromatic nitrogens is 1. The van der Waals surface area contributed by atoms with Crippen molar-refractivity contribution in [1.82, 2.24) is 4.73 Å². The van der Waals surface area contributed by atoms with Crippen LogP contribution in [0.15, 0.2) is 54.7 Å². The molecule has 0 saturated carbocycles. The summed E-state index contributed by atoms with van der Waals surface area (Å²) in [6.45, 7) is 0.387. The zero-order chi connectivity index (χ0) is 13.9. The molecule has 20 heavy (non-hydrogen) atoms. The van der Waals surface area contributed by atoms with Gasteiger partial charge in [-0.15, -0.1) is 0 Å². The molecule has 1 aromatic heterocycles. The van der Waals surface area contributed by atoms with Crippen molar-refractivity contribution < 1.29 is 14.7 Å². The fourth-order valence-electron chi connectivity index (χ4n) is 2.16. The summed E-state index contributed by atoms with van der Waals surface area (Å²) in [7, 11) is 1.61. The van der Waals surface area contributed by atoms with Crippen molar-refractivity contribution >= 4 is 10.8 Å². The van der Waals surface area contributed by atoms with Crippen molar-refractivity contribution in [2.45, 2.75) is 6.61 Å². The van der Waals surface area contributed by atoms with Gasteiger partial charge in [0.05, 0.1) is 18.7 Å². The average Bonchev–Trinajstić information content (AvgIpc) is 2.83. The Bertz CT molecular complexity index is 719.